The van der Waals surface area contributed by atoms with Gasteiger partial charge in [0.25, 0.3) is 0 Å². The number of hydrogen-bond acceptors (Lipinski definition) is 2. The van der Waals surface area contributed by atoms with Gasteiger partial charge in [0.05, 0.1) is 6.61 Å². The highest BCUT2D eigenvalue weighted by molar-refractivity contribution is 5.14. The van der Waals surface area contributed by atoms with E-state index in [1.807, 2.05) is 6.07 Å². The van der Waals surface area contributed by atoms with Gasteiger partial charge in [0.15, 0.2) is 0 Å². The molecule has 0 spiro atoms. The Hall–Kier alpha value is -0.860. The smallest absolute Gasteiger partial charge is 0.0584 e. The van der Waals surface area contributed by atoms with Crippen LogP contribution in [0.1, 0.15) is 25.3 Å². The van der Waals surface area contributed by atoms with Gasteiger partial charge < -0.3 is 10.4 Å². The standard InChI is InChI=1S/C13H21NO/c1-2-13(11-15)14-10-6-9-12-7-4-3-5-8-12/h3-5,7-8,13-15H,2,6,9-11H2,1H3/t13-/m0/s1. The van der Waals surface area contributed by atoms with Gasteiger partial charge in [-0.2, -0.15) is 0 Å². The van der Waals surface area contributed by atoms with Crippen LogP contribution in [0.5, 0.6) is 0 Å². The molecule has 84 valence electrons. The second-order valence-corrected chi connectivity index (χ2v) is 3.83. The van der Waals surface area contributed by atoms with Gasteiger partial charge in [-0.1, -0.05) is 37.3 Å². The Balaban J connectivity index is 2.12. The second kappa shape index (κ2) is 7.43. The van der Waals surface area contributed by atoms with Gasteiger partial charge in [-0.25, -0.2) is 0 Å². The third-order valence-electron chi connectivity index (χ3n) is 2.63. The summed E-state index contributed by atoms with van der Waals surface area (Å²) in [6.07, 6.45) is 3.22. The van der Waals surface area contributed by atoms with E-state index < -0.39 is 0 Å². The average Bonchev–Trinajstić information content (AvgIpc) is 2.31. The molecule has 0 unspecified atom stereocenters. The molecule has 0 heterocycles. The number of benzene rings is 1. The van der Waals surface area contributed by atoms with E-state index in [0.29, 0.717) is 0 Å². The summed E-state index contributed by atoms with van der Waals surface area (Å²) in [4.78, 5) is 0. The zero-order valence-electron chi connectivity index (χ0n) is 9.45. The molecule has 1 aromatic carbocycles. The molecule has 1 rings (SSSR count). The van der Waals surface area contributed by atoms with E-state index in [-0.39, 0.29) is 12.6 Å². The molecule has 1 atom stereocenters. The zero-order valence-corrected chi connectivity index (χ0v) is 9.45. The topological polar surface area (TPSA) is 32.3 Å². The number of aryl methyl sites for hydroxylation is 1. The molecule has 0 aliphatic carbocycles. The predicted molar refractivity (Wildman–Crippen MR) is 63.9 cm³/mol. The second-order valence-electron chi connectivity index (χ2n) is 3.83. The molecule has 15 heavy (non-hydrogen) atoms. The van der Waals surface area contributed by atoms with Gasteiger partial charge in [-0.05, 0) is 31.4 Å². The monoisotopic (exact) mass is 207 g/mol. The van der Waals surface area contributed by atoms with Crippen molar-refractivity contribution >= 4 is 0 Å². The number of rotatable bonds is 7. The lowest BCUT2D eigenvalue weighted by molar-refractivity contribution is 0.239. The molecule has 2 nitrogen and oxygen atoms in total. The molecule has 0 aliphatic rings. The predicted octanol–water partition coefficient (Wildman–Crippen LogP) is 1.98. The Kier molecular flexibility index (Phi) is 6.05. The van der Waals surface area contributed by atoms with Crippen molar-refractivity contribution in [1.82, 2.24) is 5.32 Å². The Morgan fingerprint density at radius 2 is 2.00 bits per heavy atom. The molecule has 0 fully saturated rings. The van der Waals surface area contributed by atoms with Crippen LogP contribution in [0.15, 0.2) is 30.3 Å². The first-order valence-corrected chi connectivity index (χ1v) is 5.75. The van der Waals surface area contributed by atoms with Gasteiger partial charge in [0.1, 0.15) is 0 Å². The number of aliphatic hydroxyl groups is 1. The van der Waals surface area contributed by atoms with Crippen molar-refractivity contribution in [2.45, 2.75) is 32.2 Å². The minimum atomic E-state index is 0.238. The lowest BCUT2D eigenvalue weighted by atomic mass is 10.1. The van der Waals surface area contributed by atoms with E-state index in [4.69, 9.17) is 5.11 Å². The van der Waals surface area contributed by atoms with E-state index in [0.717, 1.165) is 25.8 Å². The molecular weight excluding hydrogens is 186 g/mol. The fraction of sp³-hybridized carbons (Fsp3) is 0.538. The van der Waals surface area contributed by atoms with E-state index in [9.17, 15) is 0 Å². The lowest BCUT2D eigenvalue weighted by Crippen LogP contribution is -2.32. The fourth-order valence-corrected chi connectivity index (χ4v) is 1.58. The first kappa shape index (κ1) is 12.2. The normalized spacial score (nSPS) is 12.7. The van der Waals surface area contributed by atoms with Crippen LogP contribution in [0.2, 0.25) is 0 Å². The Morgan fingerprint density at radius 3 is 2.60 bits per heavy atom. The maximum absolute atomic E-state index is 8.98. The van der Waals surface area contributed by atoms with Crippen LogP contribution in [-0.4, -0.2) is 24.3 Å². The van der Waals surface area contributed by atoms with Crippen molar-refractivity contribution in [2.75, 3.05) is 13.2 Å². The molecule has 0 saturated carbocycles. The van der Waals surface area contributed by atoms with Crippen molar-refractivity contribution < 1.29 is 5.11 Å². The number of hydrogen-bond donors (Lipinski definition) is 2. The first-order valence-electron chi connectivity index (χ1n) is 5.75. The lowest BCUT2D eigenvalue weighted by Gasteiger charge is -2.13. The molecule has 2 N–H and O–H groups in total. The van der Waals surface area contributed by atoms with Crippen molar-refractivity contribution in [3.05, 3.63) is 35.9 Å². The molecule has 0 amide bonds. The van der Waals surface area contributed by atoms with E-state index in [1.165, 1.54) is 5.56 Å². The maximum Gasteiger partial charge on any atom is 0.0584 e. The minimum Gasteiger partial charge on any atom is -0.395 e. The van der Waals surface area contributed by atoms with Gasteiger partial charge in [-0.3, -0.25) is 0 Å². The van der Waals surface area contributed by atoms with E-state index in [1.54, 1.807) is 0 Å². The maximum atomic E-state index is 8.98. The highest BCUT2D eigenvalue weighted by Crippen LogP contribution is 2.01. The summed E-state index contributed by atoms with van der Waals surface area (Å²) in [6, 6.07) is 10.8. The summed E-state index contributed by atoms with van der Waals surface area (Å²) in [6.45, 7) is 3.31. The quantitative estimate of drug-likeness (QED) is 0.670. The Morgan fingerprint density at radius 1 is 1.27 bits per heavy atom. The van der Waals surface area contributed by atoms with Crippen LogP contribution in [0, 0.1) is 0 Å². The van der Waals surface area contributed by atoms with Crippen LogP contribution in [-0.2, 0) is 6.42 Å². The van der Waals surface area contributed by atoms with Gasteiger partial charge in [0.2, 0.25) is 0 Å². The van der Waals surface area contributed by atoms with Crippen molar-refractivity contribution in [1.29, 1.82) is 0 Å². The van der Waals surface area contributed by atoms with E-state index in [2.05, 4.69) is 36.5 Å². The third kappa shape index (κ3) is 4.96. The third-order valence-corrected chi connectivity index (χ3v) is 2.63. The molecular formula is C13H21NO. The summed E-state index contributed by atoms with van der Waals surface area (Å²) in [5, 5.41) is 12.3. The highest BCUT2D eigenvalue weighted by atomic mass is 16.3. The first-order chi connectivity index (χ1) is 7.36. The molecule has 2 heteroatoms. The molecule has 0 aromatic heterocycles. The van der Waals surface area contributed by atoms with Crippen LogP contribution in [0.25, 0.3) is 0 Å². The molecule has 0 saturated heterocycles. The highest BCUT2D eigenvalue weighted by Gasteiger charge is 2.01. The average molecular weight is 207 g/mol. The largest absolute Gasteiger partial charge is 0.395 e. The van der Waals surface area contributed by atoms with Crippen molar-refractivity contribution in [3.63, 3.8) is 0 Å². The zero-order chi connectivity index (χ0) is 10.9. The van der Waals surface area contributed by atoms with Gasteiger partial charge in [-0.15, -0.1) is 0 Å². The Bertz CT molecular complexity index is 244. The van der Waals surface area contributed by atoms with Gasteiger partial charge in [0, 0.05) is 6.04 Å². The molecule has 1 aromatic rings. The van der Waals surface area contributed by atoms with Crippen LogP contribution >= 0.6 is 0 Å². The van der Waals surface area contributed by atoms with E-state index >= 15 is 0 Å². The summed E-state index contributed by atoms with van der Waals surface area (Å²) in [5.41, 5.74) is 1.39. The van der Waals surface area contributed by atoms with Crippen LogP contribution in [0.4, 0.5) is 0 Å². The number of aliphatic hydroxyl groups excluding tert-OH is 1. The molecule has 0 radical (unpaired) electrons. The summed E-state index contributed by atoms with van der Waals surface area (Å²) < 4.78 is 0. The van der Waals surface area contributed by atoms with Crippen molar-refractivity contribution in [3.8, 4) is 0 Å². The summed E-state index contributed by atoms with van der Waals surface area (Å²) >= 11 is 0. The van der Waals surface area contributed by atoms with Crippen LogP contribution in [0.3, 0.4) is 0 Å². The number of nitrogens with one attached hydrogen (secondary N) is 1. The fourth-order valence-electron chi connectivity index (χ4n) is 1.58. The Labute approximate surface area is 92.3 Å². The molecule has 0 bridgehead atoms. The SMILES string of the molecule is CC[C@@H](CO)NCCCc1ccccc1. The van der Waals surface area contributed by atoms with Gasteiger partial charge >= 0.3 is 0 Å². The van der Waals surface area contributed by atoms with Crippen LogP contribution < -0.4 is 5.32 Å². The van der Waals surface area contributed by atoms with Crippen molar-refractivity contribution in [2.24, 2.45) is 0 Å². The minimum absolute atomic E-state index is 0.238. The summed E-state index contributed by atoms with van der Waals surface area (Å²) in [5.74, 6) is 0. The summed E-state index contributed by atoms with van der Waals surface area (Å²) in [7, 11) is 0. The molecule has 0 aliphatic heterocycles.